The Kier molecular flexibility index (Phi) is 14.9. The summed E-state index contributed by atoms with van der Waals surface area (Å²) in [6.45, 7) is 1.16. The fourth-order valence-electron chi connectivity index (χ4n) is 4.11. The van der Waals surface area contributed by atoms with Crippen LogP contribution in [0.3, 0.4) is 0 Å². The first kappa shape index (κ1) is 36.0. The molecule has 13 nitrogen and oxygen atoms in total. The summed E-state index contributed by atoms with van der Waals surface area (Å²) in [5.74, 6) is -4.15. The fraction of sp³-hybridized carbons (Fsp3) is 0.483. The van der Waals surface area contributed by atoms with Crippen molar-refractivity contribution >= 4 is 29.5 Å². The second-order valence-corrected chi connectivity index (χ2v) is 11.2. The third kappa shape index (κ3) is 12.1. The van der Waals surface area contributed by atoms with Crippen LogP contribution in [0, 0.1) is 0 Å². The van der Waals surface area contributed by atoms with Gasteiger partial charge in [0.15, 0.2) is 0 Å². The molecule has 0 saturated heterocycles. The Labute approximate surface area is 254 Å². The number of carboxylic acids is 1. The molecule has 2 amide bonds. The molecule has 0 spiro atoms. The molecule has 2 aromatic carbocycles. The molecule has 0 aliphatic carbocycles. The molecular formula is C29H41N3O10S. The molecule has 2 aromatic rings. The smallest absolute Gasteiger partial charge is 0.364 e. The van der Waals surface area contributed by atoms with Gasteiger partial charge in [-0.2, -0.15) is 11.8 Å². The normalized spacial score (nSPS) is 15.5. The van der Waals surface area contributed by atoms with E-state index in [1.165, 1.54) is 11.8 Å². The highest BCUT2D eigenvalue weighted by Crippen LogP contribution is 2.23. The molecule has 238 valence electrons. The predicted molar refractivity (Wildman–Crippen MR) is 160 cm³/mol. The van der Waals surface area contributed by atoms with Crippen LogP contribution >= 0.6 is 11.8 Å². The molecule has 0 saturated carbocycles. The Morgan fingerprint density at radius 1 is 0.953 bits per heavy atom. The number of aliphatic hydroxyl groups is 4. The van der Waals surface area contributed by atoms with E-state index in [1.807, 2.05) is 0 Å². The van der Waals surface area contributed by atoms with E-state index in [2.05, 4.69) is 10.6 Å². The van der Waals surface area contributed by atoms with E-state index in [-0.39, 0.29) is 18.9 Å². The number of thioether (sulfide) groups is 1. The zero-order valence-corrected chi connectivity index (χ0v) is 24.7. The maximum absolute atomic E-state index is 12.6. The van der Waals surface area contributed by atoms with Crippen molar-refractivity contribution in [2.75, 3.05) is 31.2 Å². The number of carbonyl (C=O) groups is 3. The molecule has 0 aliphatic heterocycles. The number of nitrogens with one attached hydrogen (secondary N) is 2. The summed E-state index contributed by atoms with van der Waals surface area (Å²) in [7, 11) is 0. The monoisotopic (exact) mass is 623 g/mol. The Balaban J connectivity index is 1.94. The lowest BCUT2D eigenvalue weighted by atomic mass is 9.95. The van der Waals surface area contributed by atoms with Crippen LogP contribution < -0.4 is 16.4 Å². The van der Waals surface area contributed by atoms with Crippen LogP contribution in [0.15, 0.2) is 48.5 Å². The van der Waals surface area contributed by atoms with Gasteiger partial charge in [0.1, 0.15) is 5.75 Å². The minimum absolute atomic E-state index is 0.113. The van der Waals surface area contributed by atoms with Crippen LogP contribution in [0.2, 0.25) is 0 Å². The van der Waals surface area contributed by atoms with Crippen molar-refractivity contribution in [3.63, 3.8) is 0 Å². The van der Waals surface area contributed by atoms with Gasteiger partial charge < -0.3 is 51.7 Å². The summed E-state index contributed by atoms with van der Waals surface area (Å²) < 4.78 is 5.16. The van der Waals surface area contributed by atoms with Gasteiger partial charge in [0.25, 0.3) is 11.7 Å². The summed E-state index contributed by atoms with van der Waals surface area (Å²) in [5.41, 5.74) is 7.36. The van der Waals surface area contributed by atoms with Gasteiger partial charge in [-0.15, -0.1) is 0 Å². The highest BCUT2D eigenvalue weighted by atomic mass is 32.2. The number of hydrogen-bond acceptors (Lipinski definition) is 11. The first-order valence-corrected chi connectivity index (χ1v) is 14.9. The standard InChI is InChI=1S/C29H41N3O10S/c1-18(33)32-23(25(36)16-29(41,28(39)40)42-12-2-13-43-14-11-30)15-24(35)26(37)17-31-27(38)21-5-3-19(4-6-21)20-7-9-22(34)10-8-20/h3-10,23-26,34-37,41H,2,11-17,30H2,1H3,(H,31,38)(H,32,33)(H,39,40)/t23?,24-,25?,26?,29?/m0/s1. The van der Waals surface area contributed by atoms with Crippen LogP contribution in [0.4, 0.5) is 0 Å². The minimum atomic E-state index is -2.76. The third-order valence-corrected chi connectivity index (χ3v) is 7.57. The van der Waals surface area contributed by atoms with E-state index < -0.39 is 60.8 Å². The molecule has 5 atom stereocenters. The van der Waals surface area contributed by atoms with Crippen LogP contribution in [-0.2, 0) is 14.3 Å². The number of rotatable bonds is 19. The summed E-state index contributed by atoms with van der Waals surface area (Å²) in [5, 5.41) is 66.1. The molecule has 0 aromatic heterocycles. The number of phenols is 1. The second-order valence-electron chi connectivity index (χ2n) is 9.98. The Bertz CT molecular complexity index is 1170. The lowest BCUT2D eigenvalue weighted by Crippen LogP contribution is -2.52. The first-order chi connectivity index (χ1) is 20.4. The quantitative estimate of drug-likeness (QED) is 0.0745. The number of aromatic hydroxyl groups is 1. The molecule has 2 rings (SSSR count). The number of nitrogens with two attached hydrogens (primary N) is 1. The van der Waals surface area contributed by atoms with Gasteiger partial charge >= 0.3 is 5.97 Å². The Hall–Kier alpha value is -3.24. The van der Waals surface area contributed by atoms with Crippen molar-refractivity contribution in [2.45, 2.75) is 56.3 Å². The molecule has 10 N–H and O–H groups in total. The maximum atomic E-state index is 12.6. The van der Waals surface area contributed by atoms with Gasteiger partial charge in [0.2, 0.25) is 5.91 Å². The first-order valence-electron chi connectivity index (χ1n) is 13.7. The van der Waals surface area contributed by atoms with Crippen LogP contribution in [-0.4, -0.2) is 110 Å². The van der Waals surface area contributed by atoms with Gasteiger partial charge in [-0.3, -0.25) is 9.59 Å². The molecule has 0 bridgehead atoms. The molecule has 0 aliphatic rings. The van der Waals surface area contributed by atoms with Crippen molar-refractivity contribution in [2.24, 2.45) is 5.73 Å². The van der Waals surface area contributed by atoms with E-state index in [9.17, 15) is 45.0 Å². The Morgan fingerprint density at radius 2 is 1.56 bits per heavy atom. The average Bonchev–Trinajstić information content (AvgIpc) is 2.97. The van der Waals surface area contributed by atoms with E-state index >= 15 is 0 Å². The highest BCUT2D eigenvalue weighted by Gasteiger charge is 2.42. The van der Waals surface area contributed by atoms with Gasteiger partial charge in [0.05, 0.1) is 31.0 Å². The molecule has 0 fully saturated rings. The number of aliphatic carboxylic acids is 1. The van der Waals surface area contributed by atoms with Crippen molar-refractivity contribution in [1.82, 2.24) is 10.6 Å². The number of benzene rings is 2. The predicted octanol–water partition coefficient (Wildman–Crippen LogP) is 0.0284. The second kappa shape index (κ2) is 17.8. The third-order valence-electron chi connectivity index (χ3n) is 6.47. The fourth-order valence-corrected chi connectivity index (χ4v) is 4.81. The van der Waals surface area contributed by atoms with Gasteiger partial charge in [0, 0.05) is 37.8 Å². The number of amides is 2. The van der Waals surface area contributed by atoms with Crippen molar-refractivity contribution < 1.29 is 49.8 Å². The molecule has 0 heterocycles. The van der Waals surface area contributed by atoms with Crippen molar-refractivity contribution in [1.29, 1.82) is 0 Å². The minimum Gasteiger partial charge on any atom is -0.508 e. The zero-order chi connectivity index (χ0) is 32.0. The number of carboxylic acid groups (broad SMARTS) is 1. The van der Waals surface area contributed by atoms with Crippen LogP contribution in [0.5, 0.6) is 5.75 Å². The van der Waals surface area contributed by atoms with Gasteiger partial charge in [-0.25, -0.2) is 4.79 Å². The van der Waals surface area contributed by atoms with E-state index in [4.69, 9.17) is 10.5 Å². The Morgan fingerprint density at radius 3 is 2.12 bits per heavy atom. The SMILES string of the molecule is CC(=O)NC(C[C@H](O)C(O)CNC(=O)c1ccc(-c2ccc(O)cc2)cc1)C(O)CC(O)(OCCCSCCN)C(=O)O. The van der Waals surface area contributed by atoms with E-state index in [1.54, 1.807) is 48.5 Å². The van der Waals surface area contributed by atoms with E-state index in [0.29, 0.717) is 30.0 Å². The number of ether oxygens (including phenoxy) is 1. The molecule has 43 heavy (non-hydrogen) atoms. The maximum Gasteiger partial charge on any atom is 0.364 e. The summed E-state index contributed by atoms with van der Waals surface area (Å²) in [6.07, 6.45) is -5.58. The van der Waals surface area contributed by atoms with Crippen LogP contribution in [0.25, 0.3) is 11.1 Å². The zero-order valence-electron chi connectivity index (χ0n) is 23.9. The van der Waals surface area contributed by atoms with E-state index in [0.717, 1.165) is 18.1 Å². The average molecular weight is 624 g/mol. The molecular weight excluding hydrogens is 582 g/mol. The summed E-state index contributed by atoms with van der Waals surface area (Å²) in [4.78, 5) is 36.1. The van der Waals surface area contributed by atoms with Crippen molar-refractivity contribution in [3.8, 4) is 16.9 Å². The number of carbonyl (C=O) groups excluding carboxylic acids is 2. The summed E-state index contributed by atoms with van der Waals surface area (Å²) in [6, 6.07) is 11.9. The number of hydrogen-bond donors (Lipinski definition) is 9. The number of aliphatic hydroxyl groups excluding tert-OH is 3. The van der Waals surface area contributed by atoms with Gasteiger partial charge in [-0.1, -0.05) is 24.3 Å². The summed E-state index contributed by atoms with van der Waals surface area (Å²) >= 11 is 1.54. The largest absolute Gasteiger partial charge is 0.508 e. The molecule has 4 unspecified atom stereocenters. The van der Waals surface area contributed by atoms with Gasteiger partial charge in [-0.05, 0) is 54.0 Å². The highest BCUT2D eigenvalue weighted by molar-refractivity contribution is 7.99. The lowest BCUT2D eigenvalue weighted by Gasteiger charge is -2.32. The molecule has 0 radical (unpaired) electrons. The lowest BCUT2D eigenvalue weighted by molar-refractivity contribution is -0.234. The van der Waals surface area contributed by atoms with Crippen LogP contribution in [0.1, 0.15) is 36.5 Å². The van der Waals surface area contributed by atoms with Crippen molar-refractivity contribution in [3.05, 3.63) is 54.1 Å². The molecule has 14 heteroatoms. The topological polar surface area (TPSA) is 232 Å². The number of phenolic OH excluding ortho intramolecular Hbond substituents is 1.